The fraction of sp³-hybridized carbons (Fsp3) is 0.550. The van der Waals surface area contributed by atoms with Crippen LogP contribution in [0.2, 0.25) is 0 Å². The molecule has 1 aromatic carbocycles. The molecule has 3 aliphatic rings. The molecular formula is C20H23N2NaO3. The molecule has 3 aliphatic heterocycles. The van der Waals surface area contributed by atoms with Crippen LogP contribution in [0.5, 0.6) is 0 Å². The molecule has 0 radical (unpaired) electrons. The van der Waals surface area contributed by atoms with Gasteiger partial charge in [-0.15, -0.1) is 0 Å². The van der Waals surface area contributed by atoms with E-state index in [1.54, 1.807) is 4.57 Å². The summed E-state index contributed by atoms with van der Waals surface area (Å²) >= 11 is 0. The average molecular weight is 362 g/mol. The average Bonchev–Trinajstić information content (AvgIpc) is 2.96. The van der Waals surface area contributed by atoms with Gasteiger partial charge in [0, 0.05) is 24.0 Å². The number of fused-ring (bicyclic) bond motifs is 3. The summed E-state index contributed by atoms with van der Waals surface area (Å²) < 4.78 is 1.70. The molecule has 2 aromatic rings. The monoisotopic (exact) mass is 362 g/mol. The zero-order valence-electron chi connectivity index (χ0n) is 15.5. The summed E-state index contributed by atoms with van der Waals surface area (Å²) in [5.41, 5.74) is 0.881. The summed E-state index contributed by atoms with van der Waals surface area (Å²) in [6.07, 6.45) is 4.02. The number of carboxylic acid groups (broad SMARTS) is 1. The van der Waals surface area contributed by atoms with Crippen molar-refractivity contribution in [2.24, 2.45) is 5.41 Å². The van der Waals surface area contributed by atoms with E-state index < -0.39 is 11.7 Å². The molecule has 4 heterocycles. The van der Waals surface area contributed by atoms with Gasteiger partial charge in [-0.25, -0.2) is 0 Å². The van der Waals surface area contributed by atoms with Crippen LogP contribution in [0.1, 0.15) is 49.9 Å². The van der Waals surface area contributed by atoms with Crippen LogP contribution in [-0.4, -0.2) is 33.6 Å². The van der Waals surface area contributed by atoms with E-state index in [1.807, 2.05) is 18.2 Å². The minimum Gasteiger partial charge on any atom is -0.545 e. The Hall–Kier alpha value is -0.850. The maximum absolute atomic E-state index is 12.1. The number of hydrogen-bond acceptors (Lipinski definition) is 4. The predicted molar refractivity (Wildman–Crippen MR) is 91.7 cm³/mol. The van der Waals surface area contributed by atoms with Crippen molar-refractivity contribution in [1.82, 2.24) is 9.47 Å². The van der Waals surface area contributed by atoms with Crippen LogP contribution in [-0.2, 0) is 16.9 Å². The van der Waals surface area contributed by atoms with E-state index in [1.165, 1.54) is 5.56 Å². The standard InChI is InChI=1S/C20H24N2O3.Na/c1-2-19-9-5-10-21-11-8-14-13-6-3-4-7-15(13)22(16(14)17(19)21)20(25,12-19)18(23)24;/h3-4,6-7,17,25H,2,5,8-12H2,1H3,(H,23,24);/q;+1/p-1/t17-,19+,20+;/m1./s1. The number of carbonyl (C=O) groups excluding carboxylic acids is 1. The largest absolute Gasteiger partial charge is 1.00 e. The smallest absolute Gasteiger partial charge is 0.545 e. The molecule has 5 nitrogen and oxygen atoms in total. The second-order valence-electron chi connectivity index (χ2n) is 8.01. The third-order valence-corrected chi connectivity index (χ3v) is 6.99. The number of nitrogens with zero attached hydrogens (tertiary/aromatic N) is 2. The number of carbonyl (C=O) groups is 1. The van der Waals surface area contributed by atoms with Gasteiger partial charge in [0.1, 0.15) is 0 Å². The second kappa shape index (κ2) is 6.08. The summed E-state index contributed by atoms with van der Waals surface area (Å²) in [6.45, 7) is 4.19. The summed E-state index contributed by atoms with van der Waals surface area (Å²) in [4.78, 5) is 14.6. The molecular weight excluding hydrogens is 339 g/mol. The van der Waals surface area contributed by atoms with Crippen LogP contribution in [0.25, 0.3) is 10.9 Å². The Kier molecular flexibility index (Phi) is 4.33. The second-order valence-corrected chi connectivity index (χ2v) is 8.01. The number of hydrogen-bond donors (Lipinski definition) is 1. The Morgan fingerprint density at radius 3 is 2.85 bits per heavy atom. The van der Waals surface area contributed by atoms with Crippen molar-refractivity contribution in [3.05, 3.63) is 35.5 Å². The van der Waals surface area contributed by atoms with Crippen molar-refractivity contribution in [2.75, 3.05) is 13.1 Å². The molecule has 1 aromatic heterocycles. The van der Waals surface area contributed by atoms with Gasteiger partial charge in [0.2, 0.25) is 0 Å². The van der Waals surface area contributed by atoms with Gasteiger partial charge < -0.3 is 19.6 Å². The van der Waals surface area contributed by atoms with E-state index in [2.05, 4.69) is 17.9 Å². The van der Waals surface area contributed by atoms with Crippen molar-refractivity contribution < 1.29 is 44.6 Å². The van der Waals surface area contributed by atoms with E-state index in [0.29, 0.717) is 0 Å². The summed E-state index contributed by atoms with van der Waals surface area (Å²) in [7, 11) is 0. The maximum Gasteiger partial charge on any atom is 1.00 e. The number of para-hydroxylation sites is 1. The number of carboxylic acids is 1. The number of aromatic nitrogens is 1. The molecule has 1 N–H and O–H groups in total. The Morgan fingerprint density at radius 1 is 1.35 bits per heavy atom. The van der Waals surface area contributed by atoms with Crippen LogP contribution in [0, 0.1) is 5.41 Å². The zero-order valence-corrected chi connectivity index (χ0v) is 17.5. The zero-order chi connectivity index (χ0) is 17.4. The molecule has 5 rings (SSSR count). The number of aliphatic carboxylic acids is 1. The van der Waals surface area contributed by atoms with E-state index in [-0.39, 0.29) is 47.4 Å². The third-order valence-electron chi connectivity index (χ3n) is 6.99. The minimum absolute atomic E-state index is 0. The summed E-state index contributed by atoms with van der Waals surface area (Å²) in [6, 6.07) is 8.07. The van der Waals surface area contributed by atoms with Gasteiger partial charge in [-0.2, -0.15) is 0 Å². The van der Waals surface area contributed by atoms with Crippen molar-refractivity contribution in [3.63, 3.8) is 0 Å². The van der Waals surface area contributed by atoms with Gasteiger partial charge in [0.25, 0.3) is 0 Å². The van der Waals surface area contributed by atoms with Gasteiger partial charge in [-0.3, -0.25) is 4.90 Å². The number of piperidine rings is 1. The molecule has 0 spiro atoms. The third kappa shape index (κ3) is 2.12. The first-order valence-electron chi connectivity index (χ1n) is 9.32. The molecule has 1 saturated heterocycles. The van der Waals surface area contributed by atoms with E-state index >= 15 is 0 Å². The Balaban J connectivity index is 0.00000168. The number of benzene rings is 1. The van der Waals surface area contributed by atoms with Crippen LogP contribution < -0.4 is 34.7 Å². The van der Waals surface area contributed by atoms with Gasteiger partial charge in [-0.1, -0.05) is 25.1 Å². The van der Waals surface area contributed by atoms with Crippen LogP contribution in [0.3, 0.4) is 0 Å². The van der Waals surface area contributed by atoms with E-state index in [9.17, 15) is 15.0 Å². The first-order chi connectivity index (χ1) is 12.0. The molecule has 132 valence electrons. The Labute approximate surface area is 175 Å². The van der Waals surface area contributed by atoms with Crippen LogP contribution >= 0.6 is 0 Å². The summed E-state index contributed by atoms with van der Waals surface area (Å²) in [5.74, 6) is -1.38. The van der Waals surface area contributed by atoms with Gasteiger partial charge >= 0.3 is 29.6 Å². The van der Waals surface area contributed by atoms with Gasteiger partial charge in [-0.05, 0) is 49.3 Å². The summed E-state index contributed by atoms with van der Waals surface area (Å²) in [5, 5.41) is 24.5. The molecule has 0 saturated carbocycles. The van der Waals surface area contributed by atoms with Crippen molar-refractivity contribution >= 4 is 16.9 Å². The van der Waals surface area contributed by atoms with Crippen LogP contribution in [0.15, 0.2) is 24.3 Å². The Morgan fingerprint density at radius 2 is 2.12 bits per heavy atom. The predicted octanol–water partition coefficient (Wildman–Crippen LogP) is -1.47. The molecule has 1 fully saturated rings. The fourth-order valence-electron chi connectivity index (χ4n) is 5.94. The number of rotatable bonds is 2. The first kappa shape index (κ1) is 18.5. The van der Waals surface area contributed by atoms with E-state index in [4.69, 9.17) is 0 Å². The van der Waals surface area contributed by atoms with Gasteiger partial charge in [0.05, 0.1) is 17.5 Å². The number of aliphatic hydroxyl groups is 1. The topological polar surface area (TPSA) is 68.5 Å². The van der Waals surface area contributed by atoms with Crippen molar-refractivity contribution in [3.8, 4) is 0 Å². The van der Waals surface area contributed by atoms with Crippen LogP contribution in [0.4, 0.5) is 0 Å². The molecule has 0 bridgehead atoms. The van der Waals surface area contributed by atoms with E-state index in [0.717, 1.165) is 55.4 Å². The van der Waals surface area contributed by atoms with Crippen molar-refractivity contribution in [1.29, 1.82) is 0 Å². The molecule has 0 amide bonds. The molecule has 3 atom stereocenters. The quantitative estimate of drug-likeness (QED) is 0.663. The maximum atomic E-state index is 12.1. The molecule has 0 aliphatic carbocycles. The SMILES string of the molecule is CC[C@]12CCCN3CCc4c(n(c5ccccc45)[C@@](O)(C(=O)[O-])C1)[C@@H]32.[Na+]. The molecule has 26 heavy (non-hydrogen) atoms. The minimum atomic E-state index is -1.97. The molecule has 0 unspecified atom stereocenters. The normalized spacial score (nSPS) is 32.8. The Bertz CT molecular complexity index is 895. The van der Waals surface area contributed by atoms with Gasteiger partial charge in [0.15, 0.2) is 5.72 Å². The molecule has 6 heteroatoms. The van der Waals surface area contributed by atoms with Crippen molar-refractivity contribution in [2.45, 2.75) is 50.8 Å². The first-order valence-corrected chi connectivity index (χ1v) is 9.32. The fourth-order valence-corrected chi connectivity index (χ4v) is 5.94.